The lowest BCUT2D eigenvalue weighted by Crippen LogP contribution is -2.47. The number of rotatable bonds is 5. The Balaban J connectivity index is 1.36. The van der Waals surface area contributed by atoms with Crippen LogP contribution in [0.2, 0.25) is 0 Å². The summed E-state index contributed by atoms with van der Waals surface area (Å²) in [6, 6.07) is 18.8. The Bertz CT molecular complexity index is 1080. The Morgan fingerprint density at radius 1 is 1.03 bits per heavy atom. The third-order valence-corrected chi connectivity index (χ3v) is 7.21. The van der Waals surface area contributed by atoms with Crippen LogP contribution in [0.25, 0.3) is 11.1 Å². The molecule has 0 bridgehead atoms. The number of thiophene rings is 1. The van der Waals surface area contributed by atoms with Crippen molar-refractivity contribution in [2.75, 3.05) is 6.54 Å². The second-order valence-electron chi connectivity index (χ2n) is 8.17. The number of carbonyl (C=O) groups excluding carboxylic acids is 2. The predicted molar refractivity (Wildman–Crippen MR) is 120 cm³/mol. The van der Waals surface area contributed by atoms with E-state index in [1.54, 1.807) is 16.2 Å². The average Bonchev–Trinajstić information content (AvgIpc) is 3.53. The van der Waals surface area contributed by atoms with E-state index >= 15 is 0 Å². The van der Waals surface area contributed by atoms with Gasteiger partial charge >= 0.3 is 0 Å². The number of aliphatic hydroxyl groups is 1. The highest BCUT2D eigenvalue weighted by molar-refractivity contribution is 7.09. The van der Waals surface area contributed by atoms with Crippen molar-refractivity contribution in [3.63, 3.8) is 0 Å². The molecule has 2 aliphatic rings. The van der Waals surface area contributed by atoms with E-state index < -0.39 is 11.6 Å². The van der Waals surface area contributed by atoms with Crippen LogP contribution < -0.4 is 5.32 Å². The van der Waals surface area contributed by atoms with Crippen LogP contribution in [0.4, 0.5) is 0 Å². The minimum Gasteiger partial charge on any atom is -0.380 e. The second kappa shape index (κ2) is 7.94. The number of fused-ring (bicyclic) bond motifs is 3. The Morgan fingerprint density at radius 3 is 2.35 bits per heavy atom. The molecule has 2 aromatic carbocycles. The van der Waals surface area contributed by atoms with Crippen LogP contribution in [0.3, 0.4) is 0 Å². The van der Waals surface area contributed by atoms with Gasteiger partial charge in [-0.05, 0) is 46.5 Å². The number of nitrogens with zero attached hydrogens (tertiary/aromatic N) is 1. The highest BCUT2D eigenvalue weighted by Gasteiger charge is 2.45. The molecule has 1 saturated heterocycles. The van der Waals surface area contributed by atoms with Crippen molar-refractivity contribution in [2.24, 2.45) is 0 Å². The van der Waals surface area contributed by atoms with Gasteiger partial charge in [-0.15, -0.1) is 11.3 Å². The van der Waals surface area contributed by atoms with Crippen molar-refractivity contribution in [1.82, 2.24) is 10.2 Å². The number of hydrogen-bond acceptors (Lipinski definition) is 4. The fraction of sp³-hybridized carbons (Fsp3) is 0.280. The summed E-state index contributed by atoms with van der Waals surface area (Å²) in [6.07, 6.45) is 1.36. The van der Waals surface area contributed by atoms with E-state index in [4.69, 9.17) is 0 Å². The SMILES string of the molecule is O=C(NCc1cccs1)[C@@H]1CCCN1C(=O)CC1(O)c2ccccc2-c2ccccc21. The predicted octanol–water partition coefficient (Wildman–Crippen LogP) is 3.66. The van der Waals surface area contributed by atoms with E-state index in [0.717, 1.165) is 33.6 Å². The minimum absolute atomic E-state index is 0.0737. The van der Waals surface area contributed by atoms with E-state index in [1.807, 2.05) is 66.0 Å². The third-order valence-electron chi connectivity index (χ3n) is 6.34. The number of nitrogens with one attached hydrogen (secondary N) is 1. The smallest absolute Gasteiger partial charge is 0.243 e. The van der Waals surface area contributed by atoms with Crippen molar-refractivity contribution >= 4 is 23.2 Å². The quantitative estimate of drug-likeness (QED) is 0.647. The van der Waals surface area contributed by atoms with Crippen LogP contribution in [0.1, 0.15) is 35.3 Å². The Hall–Kier alpha value is -2.96. The first-order valence-electron chi connectivity index (χ1n) is 10.6. The first-order chi connectivity index (χ1) is 15.1. The maximum Gasteiger partial charge on any atom is 0.243 e. The number of hydrogen-bond donors (Lipinski definition) is 2. The Morgan fingerprint density at radius 2 is 1.71 bits per heavy atom. The summed E-state index contributed by atoms with van der Waals surface area (Å²) in [7, 11) is 0. The molecule has 2 heterocycles. The van der Waals surface area contributed by atoms with E-state index in [-0.39, 0.29) is 18.2 Å². The van der Waals surface area contributed by atoms with Crippen molar-refractivity contribution in [3.8, 4) is 11.1 Å². The fourth-order valence-electron chi connectivity index (χ4n) is 4.86. The summed E-state index contributed by atoms with van der Waals surface area (Å²) in [5.41, 5.74) is 2.04. The molecule has 1 aliphatic heterocycles. The van der Waals surface area contributed by atoms with Gasteiger partial charge in [0.2, 0.25) is 11.8 Å². The monoisotopic (exact) mass is 432 g/mol. The molecule has 0 radical (unpaired) electrons. The van der Waals surface area contributed by atoms with Crippen LogP contribution >= 0.6 is 11.3 Å². The normalized spacial score (nSPS) is 18.5. The lowest BCUT2D eigenvalue weighted by Gasteiger charge is -2.30. The molecule has 2 amide bonds. The number of amides is 2. The van der Waals surface area contributed by atoms with Crippen LogP contribution in [0.5, 0.6) is 0 Å². The molecule has 31 heavy (non-hydrogen) atoms. The number of carbonyl (C=O) groups is 2. The largest absolute Gasteiger partial charge is 0.380 e. The zero-order valence-electron chi connectivity index (χ0n) is 17.1. The van der Waals surface area contributed by atoms with Gasteiger partial charge in [0.15, 0.2) is 0 Å². The first-order valence-corrected chi connectivity index (χ1v) is 11.5. The van der Waals surface area contributed by atoms with Crippen molar-refractivity contribution in [2.45, 2.75) is 37.5 Å². The van der Waals surface area contributed by atoms with Crippen molar-refractivity contribution < 1.29 is 14.7 Å². The van der Waals surface area contributed by atoms with Crippen molar-refractivity contribution in [3.05, 3.63) is 82.0 Å². The van der Waals surface area contributed by atoms with Gasteiger partial charge in [0.1, 0.15) is 11.6 Å². The standard InChI is InChI=1S/C25H24N2O3S/c28-23(27-13-5-12-22(27)24(29)26-16-17-7-6-14-31-17)15-25(30)20-10-3-1-8-18(20)19-9-2-4-11-21(19)25/h1-4,6-11,14,22,30H,5,12-13,15-16H2,(H,26,29)/t22-/m0/s1. The zero-order valence-corrected chi connectivity index (χ0v) is 17.9. The van der Waals surface area contributed by atoms with Gasteiger partial charge in [0, 0.05) is 11.4 Å². The highest BCUT2D eigenvalue weighted by atomic mass is 32.1. The number of benzene rings is 2. The summed E-state index contributed by atoms with van der Waals surface area (Å²) in [4.78, 5) is 28.9. The van der Waals surface area contributed by atoms with Gasteiger partial charge in [0.05, 0.1) is 13.0 Å². The minimum atomic E-state index is -1.38. The first kappa shape index (κ1) is 20.0. The van der Waals surface area contributed by atoms with Gasteiger partial charge in [0.25, 0.3) is 0 Å². The topological polar surface area (TPSA) is 69.6 Å². The van der Waals surface area contributed by atoms with E-state index in [9.17, 15) is 14.7 Å². The highest BCUT2D eigenvalue weighted by Crippen LogP contribution is 2.49. The second-order valence-corrected chi connectivity index (χ2v) is 9.20. The summed E-state index contributed by atoms with van der Waals surface area (Å²) in [5, 5.41) is 16.7. The molecule has 5 rings (SSSR count). The lowest BCUT2D eigenvalue weighted by atomic mass is 9.87. The van der Waals surface area contributed by atoms with E-state index in [2.05, 4.69) is 5.32 Å². The Kier molecular flexibility index (Phi) is 5.12. The molecular formula is C25H24N2O3S. The van der Waals surface area contributed by atoms with Crippen LogP contribution in [0.15, 0.2) is 66.0 Å². The molecule has 2 N–H and O–H groups in total. The fourth-order valence-corrected chi connectivity index (χ4v) is 5.50. The lowest BCUT2D eigenvalue weighted by molar-refractivity contribution is -0.141. The maximum atomic E-state index is 13.4. The summed E-state index contributed by atoms with van der Waals surface area (Å²) < 4.78 is 0. The molecule has 1 aliphatic carbocycles. The molecule has 0 spiro atoms. The van der Waals surface area contributed by atoms with Crippen molar-refractivity contribution in [1.29, 1.82) is 0 Å². The van der Waals surface area contributed by atoms with Gasteiger partial charge in [-0.25, -0.2) is 0 Å². The van der Waals surface area contributed by atoms with E-state index in [1.165, 1.54) is 0 Å². The molecule has 3 aromatic rings. The molecule has 1 fully saturated rings. The Labute approximate surface area is 185 Å². The molecule has 1 aromatic heterocycles. The van der Waals surface area contributed by atoms with Crippen LogP contribution in [-0.4, -0.2) is 34.4 Å². The van der Waals surface area contributed by atoms with Gasteiger partial charge in [-0.1, -0.05) is 54.6 Å². The molecule has 6 heteroatoms. The average molecular weight is 433 g/mol. The molecule has 5 nitrogen and oxygen atoms in total. The molecule has 0 saturated carbocycles. The molecule has 1 atom stereocenters. The van der Waals surface area contributed by atoms with Gasteiger partial charge in [-0.3, -0.25) is 9.59 Å². The summed E-state index contributed by atoms with van der Waals surface area (Å²) in [6.45, 7) is 1.01. The maximum absolute atomic E-state index is 13.4. The van der Waals surface area contributed by atoms with Gasteiger partial charge in [-0.2, -0.15) is 0 Å². The van der Waals surface area contributed by atoms with E-state index in [0.29, 0.717) is 19.5 Å². The summed E-state index contributed by atoms with van der Waals surface area (Å²) >= 11 is 1.59. The van der Waals surface area contributed by atoms with Crippen LogP contribution in [0, 0.1) is 0 Å². The number of likely N-dealkylation sites (tertiary alicyclic amines) is 1. The molecular weight excluding hydrogens is 408 g/mol. The van der Waals surface area contributed by atoms with Gasteiger partial charge < -0.3 is 15.3 Å². The summed E-state index contributed by atoms with van der Waals surface area (Å²) in [5.74, 6) is -0.318. The third kappa shape index (κ3) is 3.46. The zero-order chi connectivity index (χ0) is 21.4. The molecule has 0 unspecified atom stereocenters. The molecule has 158 valence electrons. The van der Waals surface area contributed by atoms with Crippen LogP contribution in [-0.2, 0) is 21.7 Å².